The van der Waals surface area contributed by atoms with Gasteiger partial charge in [-0.05, 0) is 56.5 Å². The average molecular weight is 285 g/mol. The highest BCUT2D eigenvalue weighted by atomic mass is 15.3. The van der Waals surface area contributed by atoms with E-state index >= 15 is 0 Å². The first-order valence-corrected chi connectivity index (χ1v) is 8.17. The van der Waals surface area contributed by atoms with E-state index < -0.39 is 0 Å². The van der Waals surface area contributed by atoms with Gasteiger partial charge in [0.2, 0.25) is 0 Å². The number of nitrogens with one attached hydrogen (secondary N) is 1. The minimum Gasteiger partial charge on any atom is -0.316 e. The smallest absolute Gasteiger partial charge is 0.0661 e. The van der Waals surface area contributed by atoms with E-state index in [2.05, 4.69) is 61.1 Å². The van der Waals surface area contributed by atoms with Crippen LogP contribution >= 0.6 is 0 Å². The zero-order valence-electron chi connectivity index (χ0n) is 13.5. The maximum Gasteiger partial charge on any atom is 0.0661 e. The van der Waals surface area contributed by atoms with Crippen molar-refractivity contribution >= 4 is 0 Å². The lowest BCUT2D eigenvalue weighted by Gasteiger charge is -2.08. The molecule has 0 saturated carbocycles. The van der Waals surface area contributed by atoms with Crippen LogP contribution in [0.1, 0.15) is 44.1 Å². The predicted molar refractivity (Wildman–Crippen MR) is 89.2 cm³/mol. The Hall–Kier alpha value is -1.61. The summed E-state index contributed by atoms with van der Waals surface area (Å²) < 4.78 is 2.13. The third-order valence-electron chi connectivity index (χ3n) is 3.82. The van der Waals surface area contributed by atoms with Gasteiger partial charge in [-0.3, -0.25) is 0 Å². The minimum atomic E-state index is 0.996. The molecule has 0 unspecified atom stereocenters. The number of rotatable bonds is 8. The van der Waals surface area contributed by atoms with Crippen molar-refractivity contribution in [1.82, 2.24) is 15.1 Å². The first-order valence-electron chi connectivity index (χ1n) is 8.17. The van der Waals surface area contributed by atoms with Crippen molar-refractivity contribution in [3.63, 3.8) is 0 Å². The van der Waals surface area contributed by atoms with Gasteiger partial charge in [0.15, 0.2) is 0 Å². The second-order valence-corrected chi connectivity index (χ2v) is 5.33. The Balaban J connectivity index is 2.28. The molecule has 0 amide bonds. The number of hydrogen-bond donors (Lipinski definition) is 1. The van der Waals surface area contributed by atoms with Crippen LogP contribution in [0, 0.1) is 0 Å². The summed E-state index contributed by atoms with van der Waals surface area (Å²) in [6, 6.07) is 10.5. The lowest BCUT2D eigenvalue weighted by atomic mass is 10.1. The number of aryl methyl sites for hydroxylation is 1. The second kappa shape index (κ2) is 7.99. The Morgan fingerprint density at radius 3 is 2.38 bits per heavy atom. The van der Waals surface area contributed by atoms with E-state index in [0.29, 0.717) is 0 Å². The van der Waals surface area contributed by atoms with Crippen molar-refractivity contribution in [1.29, 1.82) is 0 Å². The summed E-state index contributed by atoms with van der Waals surface area (Å²) in [6.45, 7) is 8.75. The molecular formula is C18H27N3. The van der Waals surface area contributed by atoms with Gasteiger partial charge in [0.25, 0.3) is 0 Å². The number of benzene rings is 1. The van der Waals surface area contributed by atoms with Crippen LogP contribution in [0.4, 0.5) is 0 Å². The van der Waals surface area contributed by atoms with Crippen molar-refractivity contribution in [2.45, 2.75) is 46.5 Å². The Bertz CT molecular complexity index is 543. The van der Waals surface area contributed by atoms with Crippen LogP contribution in [0.3, 0.4) is 0 Å². The molecule has 0 radical (unpaired) electrons. The fourth-order valence-corrected chi connectivity index (χ4v) is 2.77. The summed E-state index contributed by atoms with van der Waals surface area (Å²) in [5.74, 6) is 0. The fourth-order valence-electron chi connectivity index (χ4n) is 2.77. The SMILES string of the molecule is CCCNCCc1c(CC)nn(-c2ccccc2)c1CC. The lowest BCUT2D eigenvalue weighted by molar-refractivity contribution is 0.667. The van der Waals surface area contributed by atoms with Crippen molar-refractivity contribution < 1.29 is 0 Å². The molecule has 3 nitrogen and oxygen atoms in total. The van der Waals surface area contributed by atoms with E-state index in [-0.39, 0.29) is 0 Å². The van der Waals surface area contributed by atoms with Gasteiger partial charge in [0, 0.05) is 5.69 Å². The zero-order chi connectivity index (χ0) is 15.1. The molecule has 114 valence electrons. The third-order valence-corrected chi connectivity index (χ3v) is 3.82. The molecule has 1 aromatic heterocycles. The molecule has 0 aliphatic carbocycles. The van der Waals surface area contributed by atoms with Gasteiger partial charge in [-0.25, -0.2) is 4.68 Å². The van der Waals surface area contributed by atoms with E-state index in [0.717, 1.165) is 38.0 Å². The number of aromatic nitrogens is 2. The molecule has 1 aromatic carbocycles. The van der Waals surface area contributed by atoms with Crippen LogP contribution in [0.2, 0.25) is 0 Å². The van der Waals surface area contributed by atoms with Crippen molar-refractivity contribution in [3.05, 3.63) is 47.3 Å². The highest BCUT2D eigenvalue weighted by Gasteiger charge is 2.15. The Morgan fingerprint density at radius 2 is 1.76 bits per heavy atom. The normalized spacial score (nSPS) is 11.0. The number of para-hydroxylation sites is 1. The lowest BCUT2D eigenvalue weighted by Crippen LogP contribution is -2.18. The molecule has 21 heavy (non-hydrogen) atoms. The monoisotopic (exact) mass is 285 g/mol. The van der Waals surface area contributed by atoms with Gasteiger partial charge in [-0.2, -0.15) is 5.10 Å². The van der Waals surface area contributed by atoms with Gasteiger partial charge in [-0.1, -0.05) is 39.0 Å². The van der Waals surface area contributed by atoms with E-state index in [1.165, 1.54) is 23.4 Å². The average Bonchev–Trinajstić information content (AvgIpc) is 2.90. The molecule has 0 atom stereocenters. The van der Waals surface area contributed by atoms with Crippen molar-refractivity contribution in [3.8, 4) is 5.69 Å². The molecule has 1 N–H and O–H groups in total. The Morgan fingerprint density at radius 1 is 1.00 bits per heavy atom. The summed E-state index contributed by atoms with van der Waals surface area (Å²) in [7, 11) is 0. The van der Waals surface area contributed by atoms with Crippen molar-refractivity contribution in [2.75, 3.05) is 13.1 Å². The molecule has 2 aromatic rings. The zero-order valence-corrected chi connectivity index (χ0v) is 13.5. The Labute approximate surface area is 128 Å². The number of nitrogens with zero attached hydrogens (tertiary/aromatic N) is 2. The van der Waals surface area contributed by atoms with Crippen LogP contribution in [-0.4, -0.2) is 22.9 Å². The molecular weight excluding hydrogens is 258 g/mol. The first-order chi connectivity index (χ1) is 10.3. The minimum absolute atomic E-state index is 0.996. The maximum absolute atomic E-state index is 4.86. The van der Waals surface area contributed by atoms with Gasteiger partial charge >= 0.3 is 0 Å². The Kier molecular flexibility index (Phi) is 6.00. The highest BCUT2D eigenvalue weighted by molar-refractivity contribution is 5.38. The first kappa shape index (κ1) is 15.8. The molecule has 0 bridgehead atoms. The van der Waals surface area contributed by atoms with Crippen LogP contribution in [0.25, 0.3) is 5.69 Å². The predicted octanol–water partition coefficient (Wildman–Crippen LogP) is 3.54. The molecule has 0 aliphatic heterocycles. The van der Waals surface area contributed by atoms with E-state index in [1.807, 2.05) is 0 Å². The fraction of sp³-hybridized carbons (Fsp3) is 0.500. The van der Waals surface area contributed by atoms with Crippen molar-refractivity contribution in [2.24, 2.45) is 0 Å². The van der Waals surface area contributed by atoms with Gasteiger partial charge in [0.1, 0.15) is 0 Å². The summed E-state index contributed by atoms with van der Waals surface area (Å²) in [5.41, 5.74) is 5.20. The van der Waals surface area contributed by atoms with E-state index in [1.54, 1.807) is 0 Å². The topological polar surface area (TPSA) is 29.9 Å². The van der Waals surface area contributed by atoms with Crippen LogP contribution in [0.5, 0.6) is 0 Å². The summed E-state index contributed by atoms with van der Waals surface area (Å²) >= 11 is 0. The third kappa shape index (κ3) is 3.73. The second-order valence-electron chi connectivity index (χ2n) is 5.33. The van der Waals surface area contributed by atoms with E-state index in [9.17, 15) is 0 Å². The molecule has 2 rings (SSSR count). The maximum atomic E-state index is 4.86. The van der Waals surface area contributed by atoms with Crippen LogP contribution < -0.4 is 5.32 Å². The molecule has 1 heterocycles. The van der Waals surface area contributed by atoms with Gasteiger partial charge < -0.3 is 5.32 Å². The van der Waals surface area contributed by atoms with E-state index in [4.69, 9.17) is 5.10 Å². The standard InChI is InChI=1S/C18H27N3/c1-4-13-19-14-12-16-17(5-2)20-21(18(16)6-3)15-10-8-7-9-11-15/h7-11,19H,4-6,12-14H2,1-3H3. The van der Waals surface area contributed by atoms with Crippen LogP contribution in [-0.2, 0) is 19.3 Å². The molecule has 0 saturated heterocycles. The van der Waals surface area contributed by atoms with Gasteiger partial charge in [-0.15, -0.1) is 0 Å². The quantitative estimate of drug-likeness (QED) is 0.752. The molecule has 0 fully saturated rings. The highest BCUT2D eigenvalue weighted by Crippen LogP contribution is 2.20. The summed E-state index contributed by atoms with van der Waals surface area (Å²) in [4.78, 5) is 0. The van der Waals surface area contributed by atoms with Crippen LogP contribution in [0.15, 0.2) is 30.3 Å². The largest absolute Gasteiger partial charge is 0.316 e. The van der Waals surface area contributed by atoms with Gasteiger partial charge in [0.05, 0.1) is 11.4 Å². The molecule has 0 spiro atoms. The molecule has 3 heteroatoms. The number of hydrogen-bond acceptors (Lipinski definition) is 2. The summed E-state index contributed by atoms with van der Waals surface area (Å²) in [5, 5.41) is 8.36. The summed E-state index contributed by atoms with van der Waals surface area (Å²) in [6.07, 6.45) is 4.27. The molecule has 0 aliphatic rings.